The fraction of sp³-hybridized carbons (Fsp3) is 0.500. The summed E-state index contributed by atoms with van der Waals surface area (Å²) in [5.41, 5.74) is 0.609. The van der Waals surface area contributed by atoms with Gasteiger partial charge in [-0.1, -0.05) is 13.0 Å². The Kier molecular flexibility index (Phi) is 5.76. The SMILES string of the molecule is CCOc1ccc(C(NC)C(CC)C(=O)O)cc1F. The molecule has 0 aromatic heterocycles. The first kappa shape index (κ1) is 15.4. The van der Waals surface area contributed by atoms with Crippen LogP contribution in [0.3, 0.4) is 0 Å². The molecule has 1 rings (SSSR count). The van der Waals surface area contributed by atoms with Crippen LogP contribution in [-0.4, -0.2) is 24.7 Å². The van der Waals surface area contributed by atoms with Crippen molar-refractivity contribution in [1.29, 1.82) is 0 Å². The third-order valence-electron chi connectivity index (χ3n) is 3.09. The second-order valence-electron chi connectivity index (χ2n) is 4.24. The van der Waals surface area contributed by atoms with E-state index in [0.717, 1.165) is 0 Å². The predicted octanol–water partition coefficient (Wildman–Crippen LogP) is 2.60. The van der Waals surface area contributed by atoms with Gasteiger partial charge in [0.05, 0.1) is 12.5 Å². The van der Waals surface area contributed by atoms with E-state index in [1.54, 1.807) is 27.0 Å². The lowest BCUT2D eigenvalue weighted by atomic mass is 9.91. The average Bonchev–Trinajstić information content (AvgIpc) is 2.38. The third kappa shape index (κ3) is 3.67. The lowest BCUT2D eigenvalue weighted by Gasteiger charge is -2.23. The van der Waals surface area contributed by atoms with Gasteiger partial charge in [0, 0.05) is 6.04 Å². The van der Waals surface area contributed by atoms with Crippen LogP contribution in [0.5, 0.6) is 5.75 Å². The number of halogens is 1. The van der Waals surface area contributed by atoms with Crippen LogP contribution in [0.1, 0.15) is 31.9 Å². The second-order valence-corrected chi connectivity index (χ2v) is 4.24. The Bertz CT molecular complexity index is 437. The molecular formula is C14H20FNO3. The number of hydrogen-bond acceptors (Lipinski definition) is 3. The summed E-state index contributed by atoms with van der Waals surface area (Å²) in [5, 5.41) is 12.1. The van der Waals surface area contributed by atoms with Gasteiger partial charge in [0.1, 0.15) is 0 Å². The number of ether oxygens (including phenoxy) is 1. The molecule has 0 saturated heterocycles. The lowest BCUT2D eigenvalue weighted by molar-refractivity contribution is -0.143. The van der Waals surface area contributed by atoms with Crippen molar-refractivity contribution < 1.29 is 19.0 Å². The molecule has 19 heavy (non-hydrogen) atoms. The van der Waals surface area contributed by atoms with Crippen molar-refractivity contribution in [3.05, 3.63) is 29.6 Å². The lowest BCUT2D eigenvalue weighted by Crippen LogP contribution is -2.30. The van der Waals surface area contributed by atoms with Gasteiger partial charge in [-0.15, -0.1) is 0 Å². The third-order valence-corrected chi connectivity index (χ3v) is 3.09. The van der Waals surface area contributed by atoms with Crippen molar-refractivity contribution in [3.63, 3.8) is 0 Å². The highest BCUT2D eigenvalue weighted by Crippen LogP contribution is 2.28. The number of carboxylic acids is 1. The van der Waals surface area contributed by atoms with Crippen molar-refractivity contribution in [2.45, 2.75) is 26.3 Å². The number of benzene rings is 1. The largest absolute Gasteiger partial charge is 0.491 e. The summed E-state index contributed by atoms with van der Waals surface area (Å²) in [5.74, 6) is -1.78. The van der Waals surface area contributed by atoms with Crippen LogP contribution in [-0.2, 0) is 4.79 Å². The summed E-state index contributed by atoms with van der Waals surface area (Å²) in [7, 11) is 1.67. The molecule has 0 amide bonds. The molecule has 0 spiro atoms. The molecule has 2 atom stereocenters. The summed E-state index contributed by atoms with van der Waals surface area (Å²) in [4.78, 5) is 11.2. The van der Waals surface area contributed by atoms with Crippen LogP contribution in [0.25, 0.3) is 0 Å². The quantitative estimate of drug-likeness (QED) is 0.799. The molecule has 1 aromatic carbocycles. The van der Waals surface area contributed by atoms with E-state index in [1.165, 1.54) is 12.1 Å². The van der Waals surface area contributed by atoms with Gasteiger partial charge in [-0.3, -0.25) is 4.79 Å². The van der Waals surface area contributed by atoms with Crippen LogP contribution in [0.15, 0.2) is 18.2 Å². The average molecular weight is 269 g/mol. The van der Waals surface area contributed by atoms with E-state index in [9.17, 15) is 14.3 Å². The van der Waals surface area contributed by atoms with Crippen molar-refractivity contribution in [3.8, 4) is 5.75 Å². The highest BCUT2D eigenvalue weighted by atomic mass is 19.1. The smallest absolute Gasteiger partial charge is 0.308 e. The summed E-state index contributed by atoms with van der Waals surface area (Å²) in [6.07, 6.45) is 0.468. The number of carbonyl (C=O) groups is 1. The van der Waals surface area contributed by atoms with Gasteiger partial charge < -0.3 is 15.2 Å². The van der Waals surface area contributed by atoms with Gasteiger partial charge in [-0.2, -0.15) is 0 Å². The van der Waals surface area contributed by atoms with Gasteiger partial charge in [0.25, 0.3) is 0 Å². The molecule has 0 aliphatic carbocycles. The first-order valence-corrected chi connectivity index (χ1v) is 6.37. The topological polar surface area (TPSA) is 58.6 Å². The van der Waals surface area contributed by atoms with E-state index in [0.29, 0.717) is 18.6 Å². The van der Waals surface area contributed by atoms with E-state index >= 15 is 0 Å². The summed E-state index contributed by atoms with van der Waals surface area (Å²) >= 11 is 0. The normalized spacial score (nSPS) is 13.9. The zero-order valence-corrected chi connectivity index (χ0v) is 11.4. The van der Waals surface area contributed by atoms with Crippen LogP contribution >= 0.6 is 0 Å². The molecule has 4 nitrogen and oxygen atoms in total. The number of rotatable bonds is 7. The Morgan fingerprint density at radius 3 is 2.58 bits per heavy atom. The van der Waals surface area contributed by atoms with E-state index < -0.39 is 23.7 Å². The number of nitrogens with one attached hydrogen (secondary N) is 1. The minimum absolute atomic E-state index is 0.185. The van der Waals surface area contributed by atoms with E-state index in [4.69, 9.17) is 4.74 Å². The Morgan fingerprint density at radius 1 is 1.47 bits per heavy atom. The fourth-order valence-electron chi connectivity index (χ4n) is 2.14. The summed E-state index contributed by atoms with van der Waals surface area (Å²) in [6, 6.07) is 4.14. The number of hydrogen-bond donors (Lipinski definition) is 2. The van der Waals surface area contributed by atoms with Crippen molar-refractivity contribution in [2.24, 2.45) is 5.92 Å². The van der Waals surface area contributed by atoms with Crippen molar-refractivity contribution in [1.82, 2.24) is 5.32 Å². The van der Waals surface area contributed by atoms with Crippen LogP contribution in [0, 0.1) is 11.7 Å². The predicted molar refractivity (Wildman–Crippen MR) is 70.8 cm³/mol. The first-order valence-electron chi connectivity index (χ1n) is 6.37. The molecule has 2 unspecified atom stereocenters. The summed E-state index contributed by atoms with van der Waals surface area (Å²) in [6.45, 7) is 3.97. The maximum atomic E-state index is 13.8. The van der Waals surface area contributed by atoms with Gasteiger partial charge >= 0.3 is 5.97 Å². The molecule has 106 valence electrons. The van der Waals surface area contributed by atoms with E-state index in [1.807, 2.05) is 0 Å². The minimum Gasteiger partial charge on any atom is -0.491 e. The Hall–Kier alpha value is -1.62. The molecule has 0 heterocycles. The molecule has 0 saturated carbocycles. The monoisotopic (exact) mass is 269 g/mol. The molecule has 0 radical (unpaired) electrons. The molecule has 0 aliphatic rings. The van der Waals surface area contributed by atoms with Gasteiger partial charge in [0.2, 0.25) is 0 Å². The Balaban J connectivity index is 3.05. The van der Waals surface area contributed by atoms with Gasteiger partial charge in [0.15, 0.2) is 11.6 Å². The Morgan fingerprint density at radius 2 is 2.16 bits per heavy atom. The van der Waals surface area contributed by atoms with Crippen molar-refractivity contribution in [2.75, 3.05) is 13.7 Å². The van der Waals surface area contributed by atoms with Crippen LogP contribution in [0.2, 0.25) is 0 Å². The van der Waals surface area contributed by atoms with E-state index in [-0.39, 0.29) is 5.75 Å². The van der Waals surface area contributed by atoms with Gasteiger partial charge in [-0.25, -0.2) is 4.39 Å². The Labute approximate surface area is 112 Å². The highest BCUT2D eigenvalue weighted by molar-refractivity contribution is 5.71. The molecule has 0 fully saturated rings. The first-order chi connectivity index (χ1) is 9.04. The zero-order valence-electron chi connectivity index (χ0n) is 11.4. The van der Waals surface area contributed by atoms with E-state index in [2.05, 4.69) is 5.32 Å². The molecule has 1 aromatic rings. The summed E-state index contributed by atoms with van der Waals surface area (Å²) < 4.78 is 18.9. The fourth-order valence-corrected chi connectivity index (χ4v) is 2.14. The second kappa shape index (κ2) is 7.09. The molecule has 0 bridgehead atoms. The zero-order chi connectivity index (χ0) is 14.4. The highest BCUT2D eigenvalue weighted by Gasteiger charge is 2.27. The van der Waals surface area contributed by atoms with Crippen LogP contribution < -0.4 is 10.1 Å². The molecule has 5 heteroatoms. The maximum absolute atomic E-state index is 13.8. The molecule has 0 aliphatic heterocycles. The molecule has 2 N–H and O–H groups in total. The minimum atomic E-state index is -0.892. The van der Waals surface area contributed by atoms with Crippen LogP contribution in [0.4, 0.5) is 4.39 Å². The van der Waals surface area contributed by atoms with Gasteiger partial charge in [-0.05, 0) is 38.1 Å². The standard InChI is InChI=1S/C14H20FNO3/c1-4-10(14(17)18)13(16-3)9-6-7-12(19-5-2)11(15)8-9/h6-8,10,13,16H,4-5H2,1-3H3,(H,17,18). The number of aliphatic carboxylic acids is 1. The van der Waals surface area contributed by atoms with Crippen molar-refractivity contribution >= 4 is 5.97 Å². The maximum Gasteiger partial charge on any atom is 0.308 e. The molecular weight excluding hydrogens is 249 g/mol. The number of carboxylic acid groups (broad SMARTS) is 1.